The predicted molar refractivity (Wildman–Crippen MR) is 69.7 cm³/mol. The van der Waals surface area contributed by atoms with Crippen molar-refractivity contribution >= 4 is 6.08 Å². The van der Waals surface area contributed by atoms with Crippen LogP contribution in [0.25, 0.3) is 6.08 Å². The Labute approximate surface area is 98.3 Å². The fourth-order valence-corrected chi connectivity index (χ4v) is 1.25. The summed E-state index contributed by atoms with van der Waals surface area (Å²) in [6.45, 7) is 5.96. The van der Waals surface area contributed by atoms with E-state index in [9.17, 15) is 0 Å². The van der Waals surface area contributed by atoms with Crippen LogP contribution in [-0.4, -0.2) is 20.2 Å². The number of nitrogens with one attached hydrogen (secondary N) is 1. The normalized spacial score (nSPS) is 11.2. The molecule has 0 atom stereocenters. The topological polar surface area (TPSA) is 21.3 Å². The van der Waals surface area contributed by atoms with Crippen molar-refractivity contribution < 1.29 is 4.74 Å². The van der Waals surface area contributed by atoms with E-state index in [2.05, 4.69) is 43.4 Å². The van der Waals surface area contributed by atoms with Gasteiger partial charge in [-0.25, -0.2) is 0 Å². The monoisotopic (exact) mass is 219 g/mol. The largest absolute Gasteiger partial charge is 0.493 e. The van der Waals surface area contributed by atoms with Gasteiger partial charge in [-0.2, -0.15) is 0 Å². The van der Waals surface area contributed by atoms with Crippen LogP contribution in [-0.2, 0) is 0 Å². The van der Waals surface area contributed by atoms with Gasteiger partial charge in [0.1, 0.15) is 5.75 Å². The lowest BCUT2D eigenvalue weighted by atomic mass is 10.2. The Morgan fingerprint density at radius 2 is 1.94 bits per heavy atom. The van der Waals surface area contributed by atoms with Crippen LogP contribution in [0.1, 0.15) is 19.4 Å². The minimum Gasteiger partial charge on any atom is -0.493 e. The summed E-state index contributed by atoms with van der Waals surface area (Å²) >= 11 is 0. The molecule has 0 amide bonds. The second-order valence-electron chi connectivity index (χ2n) is 4.23. The Hall–Kier alpha value is -1.28. The van der Waals surface area contributed by atoms with E-state index >= 15 is 0 Å². The van der Waals surface area contributed by atoms with Gasteiger partial charge in [0.25, 0.3) is 0 Å². The van der Waals surface area contributed by atoms with Gasteiger partial charge >= 0.3 is 0 Å². The molecule has 0 bridgehead atoms. The van der Waals surface area contributed by atoms with Crippen LogP contribution >= 0.6 is 0 Å². The lowest BCUT2D eigenvalue weighted by molar-refractivity contribution is 0.271. The van der Waals surface area contributed by atoms with Gasteiger partial charge in [0.15, 0.2) is 0 Å². The van der Waals surface area contributed by atoms with E-state index in [0.29, 0.717) is 5.92 Å². The third kappa shape index (κ3) is 4.99. The van der Waals surface area contributed by atoms with E-state index in [-0.39, 0.29) is 0 Å². The van der Waals surface area contributed by atoms with Gasteiger partial charge in [0, 0.05) is 6.54 Å². The molecular weight excluding hydrogens is 198 g/mol. The SMILES string of the molecule is CNCC=Cc1ccc(OCC(C)C)cc1. The fraction of sp³-hybridized carbons (Fsp3) is 0.429. The third-order valence-electron chi connectivity index (χ3n) is 2.10. The van der Waals surface area contributed by atoms with Crippen molar-refractivity contribution in [1.82, 2.24) is 5.32 Å². The minimum atomic E-state index is 0.565. The highest BCUT2D eigenvalue weighted by Crippen LogP contribution is 2.13. The van der Waals surface area contributed by atoms with E-state index < -0.39 is 0 Å². The molecular formula is C14H21NO. The number of ether oxygens (including phenoxy) is 1. The van der Waals surface area contributed by atoms with E-state index in [4.69, 9.17) is 4.74 Å². The third-order valence-corrected chi connectivity index (χ3v) is 2.10. The number of likely N-dealkylation sites (N-methyl/N-ethyl adjacent to an activating group) is 1. The molecule has 88 valence electrons. The average molecular weight is 219 g/mol. The lowest BCUT2D eigenvalue weighted by Crippen LogP contribution is -2.04. The first-order valence-corrected chi connectivity index (χ1v) is 5.76. The van der Waals surface area contributed by atoms with Gasteiger partial charge in [-0.05, 0) is 30.7 Å². The van der Waals surface area contributed by atoms with E-state index in [0.717, 1.165) is 18.9 Å². The smallest absolute Gasteiger partial charge is 0.119 e. The Balaban J connectivity index is 2.47. The summed E-state index contributed by atoms with van der Waals surface area (Å²) in [5.41, 5.74) is 1.20. The zero-order valence-corrected chi connectivity index (χ0v) is 10.4. The Bertz CT molecular complexity index is 314. The average Bonchev–Trinajstić information content (AvgIpc) is 2.28. The number of benzene rings is 1. The van der Waals surface area contributed by atoms with Crippen molar-refractivity contribution in [3.05, 3.63) is 35.9 Å². The molecule has 0 radical (unpaired) electrons. The molecule has 0 heterocycles. The van der Waals surface area contributed by atoms with E-state index in [1.807, 2.05) is 19.2 Å². The highest BCUT2D eigenvalue weighted by molar-refractivity contribution is 5.50. The zero-order chi connectivity index (χ0) is 11.8. The quantitative estimate of drug-likeness (QED) is 0.794. The molecule has 0 aliphatic heterocycles. The van der Waals surface area contributed by atoms with Crippen molar-refractivity contribution in [3.63, 3.8) is 0 Å². The van der Waals surface area contributed by atoms with E-state index in [1.165, 1.54) is 5.56 Å². The molecule has 2 heteroatoms. The summed E-state index contributed by atoms with van der Waals surface area (Å²) in [6.07, 6.45) is 4.20. The summed E-state index contributed by atoms with van der Waals surface area (Å²) in [5, 5.41) is 3.07. The van der Waals surface area contributed by atoms with Gasteiger partial charge in [-0.15, -0.1) is 0 Å². The predicted octanol–water partition coefficient (Wildman–Crippen LogP) is 2.95. The standard InChI is InChI=1S/C14H21NO/c1-12(2)11-16-14-8-6-13(7-9-14)5-4-10-15-3/h4-9,12,15H,10-11H2,1-3H3. The first-order valence-electron chi connectivity index (χ1n) is 5.76. The second-order valence-corrected chi connectivity index (χ2v) is 4.23. The molecule has 0 spiro atoms. The van der Waals surface area contributed by atoms with Crippen molar-refractivity contribution in [2.45, 2.75) is 13.8 Å². The first-order chi connectivity index (χ1) is 7.72. The van der Waals surface area contributed by atoms with Gasteiger partial charge in [-0.3, -0.25) is 0 Å². The molecule has 2 nitrogen and oxygen atoms in total. The molecule has 0 saturated carbocycles. The molecule has 0 saturated heterocycles. The number of rotatable bonds is 6. The van der Waals surface area contributed by atoms with Crippen LogP contribution in [0.15, 0.2) is 30.3 Å². The Morgan fingerprint density at radius 3 is 2.50 bits per heavy atom. The van der Waals surface area contributed by atoms with Gasteiger partial charge < -0.3 is 10.1 Å². The Morgan fingerprint density at radius 1 is 1.25 bits per heavy atom. The van der Waals surface area contributed by atoms with Gasteiger partial charge in [0.05, 0.1) is 6.61 Å². The van der Waals surface area contributed by atoms with Crippen molar-refractivity contribution in [1.29, 1.82) is 0 Å². The number of hydrogen-bond acceptors (Lipinski definition) is 2. The highest BCUT2D eigenvalue weighted by atomic mass is 16.5. The fourth-order valence-electron chi connectivity index (χ4n) is 1.25. The molecule has 0 aliphatic carbocycles. The van der Waals surface area contributed by atoms with Crippen LogP contribution in [0.2, 0.25) is 0 Å². The zero-order valence-electron chi connectivity index (χ0n) is 10.4. The number of hydrogen-bond donors (Lipinski definition) is 1. The molecule has 0 aliphatic rings. The van der Waals surface area contributed by atoms with Crippen LogP contribution in [0, 0.1) is 5.92 Å². The molecule has 16 heavy (non-hydrogen) atoms. The summed E-state index contributed by atoms with van der Waals surface area (Å²) < 4.78 is 5.61. The minimum absolute atomic E-state index is 0.565. The maximum absolute atomic E-state index is 5.61. The maximum Gasteiger partial charge on any atom is 0.119 e. The summed E-state index contributed by atoms with van der Waals surface area (Å²) in [5.74, 6) is 1.51. The van der Waals surface area contributed by atoms with Crippen molar-refractivity contribution in [2.75, 3.05) is 20.2 Å². The summed E-state index contributed by atoms with van der Waals surface area (Å²) in [7, 11) is 1.94. The molecule has 1 aromatic rings. The van der Waals surface area contributed by atoms with Crippen LogP contribution in [0.4, 0.5) is 0 Å². The van der Waals surface area contributed by atoms with Crippen molar-refractivity contribution in [3.8, 4) is 5.75 Å². The molecule has 0 unspecified atom stereocenters. The Kier molecular flexibility index (Phi) is 5.65. The van der Waals surface area contributed by atoms with Crippen molar-refractivity contribution in [2.24, 2.45) is 5.92 Å². The highest BCUT2D eigenvalue weighted by Gasteiger charge is 1.96. The molecule has 1 rings (SSSR count). The molecule has 0 aromatic heterocycles. The molecule has 1 aromatic carbocycles. The second kappa shape index (κ2) is 7.07. The summed E-state index contributed by atoms with van der Waals surface area (Å²) in [6, 6.07) is 8.17. The summed E-state index contributed by atoms with van der Waals surface area (Å²) in [4.78, 5) is 0. The van der Waals surface area contributed by atoms with E-state index in [1.54, 1.807) is 0 Å². The van der Waals surface area contributed by atoms with Crippen LogP contribution in [0.5, 0.6) is 5.75 Å². The van der Waals surface area contributed by atoms with Crippen LogP contribution in [0.3, 0.4) is 0 Å². The van der Waals surface area contributed by atoms with Gasteiger partial charge in [-0.1, -0.05) is 38.1 Å². The molecule has 0 fully saturated rings. The van der Waals surface area contributed by atoms with Gasteiger partial charge in [0.2, 0.25) is 0 Å². The lowest BCUT2D eigenvalue weighted by Gasteiger charge is -2.08. The maximum atomic E-state index is 5.61. The molecule has 1 N–H and O–H groups in total. The van der Waals surface area contributed by atoms with Crippen LogP contribution < -0.4 is 10.1 Å². The first kappa shape index (κ1) is 12.8.